The predicted octanol–water partition coefficient (Wildman–Crippen LogP) is 3.83. The quantitative estimate of drug-likeness (QED) is 0.811. The Morgan fingerprint density at radius 3 is 2.44 bits per heavy atom. The van der Waals surface area contributed by atoms with Crippen LogP contribution in [-0.2, 0) is 0 Å². The molecule has 0 saturated heterocycles. The van der Waals surface area contributed by atoms with Crippen molar-refractivity contribution in [1.82, 2.24) is 5.32 Å². The fraction of sp³-hybridized carbons (Fsp3) is 0.600. The van der Waals surface area contributed by atoms with Crippen molar-refractivity contribution in [1.29, 1.82) is 0 Å². The Balaban J connectivity index is 1.92. The molecule has 1 nitrogen and oxygen atoms in total. The van der Waals surface area contributed by atoms with Crippen LogP contribution < -0.4 is 5.32 Å². The topological polar surface area (TPSA) is 12.0 Å². The molecule has 2 rings (SSSR count). The zero-order valence-corrected chi connectivity index (χ0v) is 10.7. The van der Waals surface area contributed by atoms with E-state index in [9.17, 15) is 0 Å². The first-order chi connectivity index (χ1) is 7.65. The van der Waals surface area contributed by atoms with Crippen LogP contribution in [0.3, 0.4) is 0 Å². The lowest BCUT2D eigenvalue weighted by atomic mass is 10.0. The molecule has 1 aliphatic carbocycles. The molecular weight excluding hydrogens is 194 g/mol. The molecule has 1 saturated carbocycles. The normalized spacial score (nSPS) is 26.9. The second kappa shape index (κ2) is 5.01. The van der Waals surface area contributed by atoms with Gasteiger partial charge in [-0.2, -0.15) is 0 Å². The van der Waals surface area contributed by atoms with E-state index in [0.717, 1.165) is 12.0 Å². The highest BCUT2D eigenvalue weighted by Gasteiger charge is 2.22. The fourth-order valence-corrected chi connectivity index (χ4v) is 2.66. The van der Waals surface area contributed by atoms with Gasteiger partial charge in [0, 0.05) is 12.1 Å². The molecule has 1 aliphatic rings. The van der Waals surface area contributed by atoms with E-state index < -0.39 is 0 Å². The standard InChI is InChI=1S/C15H23N/c1-11-4-7-14(8-5-11)13(3)16-15-9-6-12(2)10-15/h4-5,7-8,12-13,15-16H,6,9-10H2,1-3H3/t12?,13-,15?/m1/s1. The summed E-state index contributed by atoms with van der Waals surface area (Å²) < 4.78 is 0. The van der Waals surface area contributed by atoms with E-state index in [2.05, 4.69) is 50.4 Å². The molecule has 0 aromatic heterocycles. The van der Waals surface area contributed by atoms with Crippen molar-refractivity contribution in [3.05, 3.63) is 35.4 Å². The molecule has 1 fully saturated rings. The monoisotopic (exact) mass is 217 g/mol. The summed E-state index contributed by atoms with van der Waals surface area (Å²) in [6.45, 7) is 6.77. The van der Waals surface area contributed by atoms with Gasteiger partial charge in [-0.25, -0.2) is 0 Å². The summed E-state index contributed by atoms with van der Waals surface area (Å²) in [4.78, 5) is 0. The third-order valence-electron chi connectivity index (χ3n) is 3.76. The minimum atomic E-state index is 0.482. The lowest BCUT2D eigenvalue weighted by molar-refractivity contribution is 0.449. The molecule has 2 unspecified atom stereocenters. The Morgan fingerprint density at radius 2 is 1.88 bits per heavy atom. The summed E-state index contributed by atoms with van der Waals surface area (Å²) >= 11 is 0. The fourth-order valence-electron chi connectivity index (χ4n) is 2.66. The molecule has 1 aromatic carbocycles. The number of rotatable bonds is 3. The second-order valence-electron chi connectivity index (χ2n) is 5.41. The SMILES string of the molecule is Cc1ccc([C@@H](C)NC2CCC(C)C2)cc1. The molecule has 0 spiro atoms. The number of benzene rings is 1. The van der Waals surface area contributed by atoms with E-state index in [-0.39, 0.29) is 0 Å². The van der Waals surface area contributed by atoms with Crippen LogP contribution in [-0.4, -0.2) is 6.04 Å². The molecule has 16 heavy (non-hydrogen) atoms. The summed E-state index contributed by atoms with van der Waals surface area (Å²) in [7, 11) is 0. The van der Waals surface area contributed by atoms with Gasteiger partial charge >= 0.3 is 0 Å². The van der Waals surface area contributed by atoms with Gasteiger partial charge in [0.1, 0.15) is 0 Å². The largest absolute Gasteiger partial charge is 0.307 e. The molecule has 0 radical (unpaired) electrons. The Kier molecular flexibility index (Phi) is 3.65. The van der Waals surface area contributed by atoms with Crippen LogP contribution in [0.4, 0.5) is 0 Å². The van der Waals surface area contributed by atoms with Crippen molar-refractivity contribution >= 4 is 0 Å². The van der Waals surface area contributed by atoms with E-state index in [1.807, 2.05) is 0 Å². The van der Waals surface area contributed by atoms with E-state index in [1.54, 1.807) is 0 Å². The van der Waals surface area contributed by atoms with Crippen LogP contribution in [0, 0.1) is 12.8 Å². The van der Waals surface area contributed by atoms with Gasteiger partial charge in [-0.15, -0.1) is 0 Å². The first kappa shape index (κ1) is 11.7. The predicted molar refractivity (Wildman–Crippen MR) is 69.5 cm³/mol. The van der Waals surface area contributed by atoms with E-state index >= 15 is 0 Å². The maximum absolute atomic E-state index is 3.74. The van der Waals surface area contributed by atoms with Gasteiger partial charge < -0.3 is 5.32 Å². The van der Waals surface area contributed by atoms with Crippen molar-refractivity contribution < 1.29 is 0 Å². The average Bonchev–Trinajstić information content (AvgIpc) is 2.65. The Hall–Kier alpha value is -0.820. The third kappa shape index (κ3) is 2.85. The van der Waals surface area contributed by atoms with Crippen LogP contribution in [0.15, 0.2) is 24.3 Å². The number of hydrogen-bond acceptors (Lipinski definition) is 1. The van der Waals surface area contributed by atoms with Gasteiger partial charge in [-0.05, 0) is 44.6 Å². The minimum absolute atomic E-state index is 0.482. The first-order valence-electron chi connectivity index (χ1n) is 6.48. The van der Waals surface area contributed by atoms with Crippen LogP contribution in [0.2, 0.25) is 0 Å². The minimum Gasteiger partial charge on any atom is -0.307 e. The number of hydrogen-bond donors (Lipinski definition) is 1. The smallest absolute Gasteiger partial charge is 0.0294 e. The maximum atomic E-state index is 3.74. The summed E-state index contributed by atoms with van der Waals surface area (Å²) in [5, 5.41) is 3.74. The molecule has 0 amide bonds. The van der Waals surface area contributed by atoms with Gasteiger partial charge in [-0.3, -0.25) is 0 Å². The highest BCUT2D eigenvalue weighted by molar-refractivity contribution is 5.23. The summed E-state index contributed by atoms with van der Waals surface area (Å²) in [6.07, 6.45) is 4.08. The lowest BCUT2D eigenvalue weighted by Gasteiger charge is -2.20. The number of aryl methyl sites for hydroxylation is 1. The molecule has 88 valence electrons. The molecule has 0 heterocycles. The lowest BCUT2D eigenvalue weighted by Crippen LogP contribution is -2.29. The van der Waals surface area contributed by atoms with Crippen molar-refractivity contribution in [2.45, 2.75) is 52.1 Å². The zero-order valence-electron chi connectivity index (χ0n) is 10.7. The molecular formula is C15H23N. The maximum Gasteiger partial charge on any atom is 0.0294 e. The summed E-state index contributed by atoms with van der Waals surface area (Å²) in [5.74, 6) is 0.905. The Morgan fingerprint density at radius 1 is 1.19 bits per heavy atom. The second-order valence-corrected chi connectivity index (χ2v) is 5.41. The van der Waals surface area contributed by atoms with Crippen LogP contribution in [0.5, 0.6) is 0 Å². The van der Waals surface area contributed by atoms with Crippen LogP contribution in [0.25, 0.3) is 0 Å². The molecule has 1 aromatic rings. The Bertz CT molecular complexity index is 328. The van der Waals surface area contributed by atoms with Crippen LogP contribution in [0.1, 0.15) is 50.3 Å². The molecule has 3 atom stereocenters. The van der Waals surface area contributed by atoms with Crippen molar-refractivity contribution in [2.75, 3.05) is 0 Å². The van der Waals surface area contributed by atoms with Gasteiger partial charge in [0.15, 0.2) is 0 Å². The zero-order chi connectivity index (χ0) is 11.5. The first-order valence-corrected chi connectivity index (χ1v) is 6.48. The van der Waals surface area contributed by atoms with E-state index in [1.165, 1.54) is 30.4 Å². The van der Waals surface area contributed by atoms with Crippen molar-refractivity contribution in [3.8, 4) is 0 Å². The molecule has 0 aliphatic heterocycles. The number of nitrogens with one attached hydrogen (secondary N) is 1. The van der Waals surface area contributed by atoms with Crippen molar-refractivity contribution in [2.24, 2.45) is 5.92 Å². The van der Waals surface area contributed by atoms with Gasteiger partial charge in [0.05, 0.1) is 0 Å². The van der Waals surface area contributed by atoms with E-state index in [0.29, 0.717) is 6.04 Å². The Labute approximate surface area is 99.3 Å². The molecule has 1 heteroatoms. The van der Waals surface area contributed by atoms with E-state index in [4.69, 9.17) is 0 Å². The third-order valence-corrected chi connectivity index (χ3v) is 3.76. The highest BCUT2D eigenvalue weighted by atomic mass is 14.9. The summed E-state index contributed by atoms with van der Waals surface area (Å²) in [6, 6.07) is 10.1. The van der Waals surface area contributed by atoms with Gasteiger partial charge in [-0.1, -0.05) is 36.8 Å². The average molecular weight is 217 g/mol. The van der Waals surface area contributed by atoms with Crippen LogP contribution >= 0.6 is 0 Å². The molecule has 1 N–H and O–H groups in total. The van der Waals surface area contributed by atoms with Gasteiger partial charge in [0.25, 0.3) is 0 Å². The van der Waals surface area contributed by atoms with Gasteiger partial charge in [0.2, 0.25) is 0 Å². The summed E-state index contributed by atoms with van der Waals surface area (Å²) in [5.41, 5.74) is 2.75. The molecule has 0 bridgehead atoms. The van der Waals surface area contributed by atoms with Crippen molar-refractivity contribution in [3.63, 3.8) is 0 Å². The highest BCUT2D eigenvalue weighted by Crippen LogP contribution is 2.26.